The van der Waals surface area contributed by atoms with Crippen LogP contribution in [0.1, 0.15) is 11.1 Å². The Bertz CT molecular complexity index is 816. The van der Waals surface area contributed by atoms with Crippen LogP contribution in [0.2, 0.25) is 10.0 Å². The molecule has 5 nitrogen and oxygen atoms in total. The number of anilines is 3. The van der Waals surface area contributed by atoms with Crippen molar-refractivity contribution in [2.45, 2.75) is 13.5 Å². The van der Waals surface area contributed by atoms with E-state index in [4.69, 9.17) is 23.2 Å². The number of rotatable bonds is 5. The third-order valence-electron chi connectivity index (χ3n) is 3.27. The van der Waals surface area contributed by atoms with Gasteiger partial charge in [-0.05, 0) is 30.7 Å². The Morgan fingerprint density at radius 2 is 1.71 bits per heavy atom. The van der Waals surface area contributed by atoms with E-state index in [1.165, 1.54) is 5.56 Å². The van der Waals surface area contributed by atoms with Gasteiger partial charge in [-0.15, -0.1) is 5.10 Å². The van der Waals surface area contributed by atoms with Gasteiger partial charge in [0.15, 0.2) is 5.82 Å². The molecule has 0 saturated heterocycles. The van der Waals surface area contributed by atoms with Gasteiger partial charge < -0.3 is 10.6 Å². The number of benzene rings is 2. The van der Waals surface area contributed by atoms with Crippen LogP contribution in [-0.2, 0) is 6.54 Å². The van der Waals surface area contributed by atoms with Gasteiger partial charge in [-0.3, -0.25) is 0 Å². The molecule has 3 rings (SSSR count). The van der Waals surface area contributed by atoms with E-state index >= 15 is 0 Å². The molecule has 0 atom stereocenters. The van der Waals surface area contributed by atoms with Gasteiger partial charge in [-0.1, -0.05) is 53.0 Å². The van der Waals surface area contributed by atoms with Crippen LogP contribution in [0.15, 0.2) is 48.7 Å². The molecule has 0 fully saturated rings. The Hall–Kier alpha value is -2.37. The van der Waals surface area contributed by atoms with Crippen molar-refractivity contribution in [3.05, 3.63) is 69.8 Å². The highest BCUT2D eigenvalue weighted by Crippen LogP contribution is 2.24. The van der Waals surface area contributed by atoms with Crippen LogP contribution in [0.4, 0.5) is 17.5 Å². The summed E-state index contributed by atoms with van der Waals surface area (Å²) >= 11 is 12.0. The quantitative estimate of drug-likeness (QED) is 0.682. The Labute approximate surface area is 150 Å². The first kappa shape index (κ1) is 16.5. The SMILES string of the molecule is Cc1ccc(CNc2cnnc(Nc3cc(Cl)cc(Cl)c3)n2)cc1. The van der Waals surface area contributed by atoms with E-state index in [9.17, 15) is 0 Å². The third-order valence-corrected chi connectivity index (χ3v) is 3.71. The largest absolute Gasteiger partial charge is 0.365 e. The van der Waals surface area contributed by atoms with Crippen molar-refractivity contribution in [1.82, 2.24) is 15.2 Å². The molecular weight excluding hydrogens is 345 g/mol. The Morgan fingerprint density at radius 3 is 2.42 bits per heavy atom. The lowest BCUT2D eigenvalue weighted by atomic mass is 10.1. The number of halogens is 2. The molecule has 0 aliphatic carbocycles. The van der Waals surface area contributed by atoms with Gasteiger partial charge in [0, 0.05) is 22.3 Å². The molecule has 3 aromatic rings. The van der Waals surface area contributed by atoms with E-state index in [0.717, 1.165) is 5.56 Å². The second-order valence-corrected chi connectivity index (χ2v) is 6.16. The van der Waals surface area contributed by atoms with Crippen LogP contribution >= 0.6 is 23.2 Å². The monoisotopic (exact) mass is 359 g/mol. The summed E-state index contributed by atoms with van der Waals surface area (Å²) in [6.45, 7) is 2.72. The summed E-state index contributed by atoms with van der Waals surface area (Å²) in [5.74, 6) is 0.989. The Balaban J connectivity index is 1.68. The smallest absolute Gasteiger partial charge is 0.249 e. The van der Waals surface area contributed by atoms with Gasteiger partial charge in [-0.25, -0.2) is 0 Å². The molecule has 0 aliphatic heterocycles. The van der Waals surface area contributed by atoms with E-state index in [1.54, 1.807) is 24.4 Å². The normalized spacial score (nSPS) is 10.5. The summed E-state index contributed by atoms with van der Waals surface area (Å²) in [4.78, 5) is 4.38. The summed E-state index contributed by atoms with van der Waals surface area (Å²) < 4.78 is 0. The Morgan fingerprint density at radius 1 is 1.00 bits per heavy atom. The zero-order chi connectivity index (χ0) is 16.9. The number of nitrogens with one attached hydrogen (secondary N) is 2. The number of aromatic nitrogens is 3. The first-order chi connectivity index (χ1) is 11.6. The van der Waals surface area contributed by atoms with Gasteiger partial charge >= 0.3 is 0 Å². The van der Waals surface area contributed by atoms with Crippen LogP contribution in [0.25, 0.3) is 0 Å². The zero-order valence-corrected chi connectivity index (χ0v) is 14.4. The third kappa shape index (κ3) is 4.57. The lowest BCUT2D eigenvalue weighted by molar-refractivity contribution is 0.966. The molecule has 0 bridgehead atoms. The average Bonchev–Trinajstić information content (AvgIpc) is 2.54. The lowest BCUT2D eigenvalue weighted by Gasteiger charge is -2.08. The Kier molecular flexibility index (Phi) is 5.13. The maximum atomic E-state index is 5.98. The molecular formula is C17H15Cl2N5. The van der Waals surface area contributed by atoms with Gasteiger partial charge in [-0.2, -0.15) is 10.1 Å². The predicted molar refractivity (Wildman–Crippen MR) is 98.1 cm³/mol. The molecule has 0 saturated carbocycles. The fourth-order valence-electron chi connectivity index (χ4n) is 2.10. The van der Waals surface area contributed by atoms with E-state index in [1.807, 2.05) is 0 Å². The average molecular weight is 360 g/mol. The maximum absolute atomic E-state index is 5.98. The molecule has 0 spiro atoms. The molecule has 2 N–H and O–H groups in total. The van der Waals surface area contributed by atoms with Crippen LogP contribution in [0.5, 0.6) is 0 Å². The fraction of sp³-hybridized carbons (Fsp3) is 0.118. The van der Waals surface area contributed by atoms with Gasteiger partial charge in [0.05, 0.1) is 6.20 Å². The predicted octanol–water partition coefficient (Wildman–Crippen LogP) is 4.84. The van der Waals surface area contributed by atoms with Crippen molar-refractivity contribution in [1.29, 1.82) is 0 Å². The zero-order valence-electron chi connectivity index (χ0n) is 12.9. The summed E-state index contributed by atoms with van der Waals surface area (Å²) in [5, 5.41) is 15.2. The van der Waals surface area contributed by atoms with Crippen molar-refractivity contribution in [2.75, 3.05) is 10.6 Å². The summed E-state index contributed by atoms with van der Waals surface area (Å²) in [5.41, 5.74) is 3.09. The fourth-order valence-corrected chi connectivity index (χ4v) is 2.62. The van der Waals surface area contributed by atoms with Crippen molar-refractivity contribution >= 4 is 40.7 Å². The lowest BCUT2D eigenvalue weighted by Crippen LogP contribution is -2.05. The number of nitrogens with zero attached hydrogens (tertiary/aromatic N) is 3. The molecule has 0 unspecified atom stereocenters. The van der Waals surface area contributed by atoms with Crippen LogP contribution in [0.3, 0.4) is 0 Å². The molecule has 1 aromatic heterocycles. The summed E-state index contributed by atoms with van der Waals surface area (Å²) in [6, 6.07) is 13.4. The molecule has 0 amide bonds. The van der Waals surface area contributed by atoms with E-state index in [2.05, 4.69) is 57.0 Å². The van der Waals surface area contributed by atoms with Crippen LogP contribution in [-0.4, -0.2) is 15.2 Å². The molecule has 24 heavy (non-hydrogen) atoms. The minimum absolute atomic E-state index is 0.363. The van der Waals surface area contributed by atoms with Crippen molar-refractivity contribution < 1.29 is 0 Å². The number of aryl methyl sites for hydroxylation is 1. The van der Waals surface area contributed by atoms with Gasteiger partial charge in [0.25, 0.3) is 0 Å². The second kappa shape index (κ2) is 7.47. The van der Waals surface area contributed by atoms with Crippen molar-refractivity contribution in [3.8, 4) is 0 Å². The van der Waals surface area contributed by atoms with E-state index in [-0.39, 0.29) is 0 Å². The summed E-state index contributed by atoms with van der Waals surface area (Å²) in [7, 11) is 0. The minimum Gasteiger partial charge on any atom is -0.365 e. The maximum Gasteiger partial charge on any atom is 0.249 e. The van der Waals surface area contributed by atoms with Crippen molar-refractivity contribution in [3.63, 3.8) is 0 Å². The van der Waals surface area contributed by atoms with Crippen LogP contribution < -0.4 is 10.6 Å². The molecule has 1 heterocycles. The van der Waals surface area contributed by atoms with E-state index in [0.29, 0.717) is 34.0 Å². The van der Waals surface area contributed by atoms with Crippen molar-refractivity contribution in [2.24, 2.45) is 0 Å². The van der Waals surface area contributed by atoms with Gasteiger partial charge in [0.2, 0.25) is 5.95 Å². The first-order valence-electron chi connectivity index (χ1n) is 7.31. The molecule has 0 aliphatic rings. The highest BCUT2D eigenvalue weighted by atomic mass is 35.5. The topological polar surface area (TPSA) is 62.7 Å². The summed E-state index contributed by atoms with van der Waals surface area (Å²) in [6.07, 6.45) is 1.57. The highest BCUT2D eigenvalue weighted by molar-refractivity contribution is 6.35. The number of hydrogen-bond acceptors (Lipinski definition) is 5. The second-order valence-electron chi connectivity index (χ2n) is 5.29. The van der Waals surface area contributed by atoms with Gasteiger partial charge in [0.1, 0.15) is 0 Å². The standard InChI is InChI=1S/C17H15Cl2N5/c1-11-2-4-12(5-3-11)9-20-16-10-21-24-17(23-16)22-15-7-13(18)6-14(19)8-15/h2-8,10H,9H2,1H3,(H2,20,22,23,24). The highest BCUT2D eigenvalue weighted by Gasteiger charge is 2.04. The first-order valence-corrected chi connectivity index (χ1v) is 8.06. The van der Waals surface area contributed by atoms with E-state index < -0.39 is 0 Å². The molecule has 7 heteroatoms. The van der Waals surface area contributed by atoms with Crippen LogP contribution in [0, 0.1) is 6.92 Å². The molecule has 122 valence electrons. The minimum atomic E-state index is 0.363. The molecule has 2 aromatic carbocycles. The molecule has 0 radical (unpaired) electrons. The number of hydrogen-bond donors (Lipinski definition) is 2.